The first-order valence-electron chi connectivity index (χ1n) is 8.73. The predicted octanol–water partition coefficient (Wildman–Crippen LogP) is 4.88. The first-order chi connectivity index (χ1) is 12.8. The van der Waals surface area contributed by atoms with E-state index in [2.05, 4.69) is 5.10 Å². The Morgan fingerprint density at radius 3 is 2.41 bits per heavy atom. The van der Waals surface area contributed by atoms with Crippen molar-refractivity contribution in [2.75, 3.05) is 0 Å². The lowest BCUT2D eigenvalue weighted by atomic mass is 9.99. The Balaban J connectivity index is 2.35. The Kier molecular flexibility index (Phi) is 5.17. The van der Waals surface area contributed by atoms with E-state index in [-0.39, 0.29) is 5.69 Å². The summed E-state index contributed by atoms with van der Waals surface area (Å²) in [6.45, 7) is 1.75. The average molecular weight is 373 g/mol. The van der Waals surface area contributed by atoms with Crippen LogP contribution < -0.4 is 5.56 Å². The first kappa shape index (κ1) is 18.9. The van der Waals surface area contributed by atoms with E-state index in [1.165, 1.54) is 6.07 Å². The van der Waals surface area contributed by atoms with Gasteiger partial charge in [-0.3, -0.25) is 4.79 Å². The number of nitriles is 1. The minimum absolute atomic E-state index is 0.0440. The molecule has 7 heteroatoms. The highest BCUT2D eigenvalue weighted by atomic mass is 19.4. The zero-order valence-electron chi connectivity index (χ0n) is 14.8. The van der Waals surface area contributed by atoms with Crippen molar-refractivity contribution in [3.63, 3.8) is 0 Å². The van der Waals surface area contributed by atoms with E-state index in [4.69, 9.17) is 0 Å². The van der Waals surface area contributed by atoms with Crippen molar-refractivity contribution in [2.24, 2.45) is 5.10 Å². The molecule has 0 aliphatic heterocycles. The van der Waals surface area contributed by atoms with Crippen molar-refractivity contribution in [1.82, 2.24) is 4.68 Å². The molecule has 3 rings (SSSR count). The summed E-state index contributed by atoms with van der Waals surface area (Å²) in [4.78, 5) is 12.8. The summed E-state index contributed by atoms with van der Waals surface area (Å²) in [5, 5.41) is 13.6. The maximum Gasteiger partial charge on any atom is 0.417 e. The van der Waals surface area contributed by atoms with Crippen LogP contribution in [0.1, 0.15) is 48.8 Å². The largest absolute Gasteiger partial charge is 0.417 e. The van der Waals surface area contributed by atoms with Gasteiger partial charge in [-0.1, -0.05) is 30.7 Å². The van der Waals surface area contributed by atoms with E-state index in [9.17, 15) is 23.2 Å². The van der Waals surface area contributed by atoms with E-state index in [0.29, 0.717) is 24.0 Å². The molecule has 1 aliphatic carbocycles. The van der Waals surface area contributed by atoms with E-state index < -0.39 is 22.9 Å². The van der Waals surface area contributed by atoms with E-state index in [0.717, 1.165) is 35.7 Å². The van der Waals surface area contributed by atoms with Crippen molar-refractivity contribution in [3.05, 3.63) is 57.4 Å². The van der Waals surface area contributed by atoms with Gasteiger partial charge in [0.05, 0.1) is 11.3 Å². The van der Waals surface area contributed by atoms with Crippen LogP contribution >= 0.6 is 0 Å². The highest BCUT2D eigenvalue weighted by Crippen LogP contribution is 2.34. The molecule has 1 fully saturated rings. The molecule has 0 bridgehead atoms. The number of alkyl halides is 3. The lowest BCUT2D eigenvalue weighted by Crippen LogP contribution is -2.27. The predicted molar refractivity (Wildman–Crippen MR) is 96.5 cm³/mol. The normalized spacial score (nSPS) is 14.7. The van der Waals surface area contributed by atoms with Gasteiger partial charge in [-0.25, -0.2) is 0 Å². The van der Waals surface area contributed by atoms with Crippen LogP contribution in [0.2, 0.25) is 0 Å². The average Bonchev–Trinajstić information content (AvgIpc) is 2.63. The molecule has 1 saturated carbocycles. The molecule has 0 radical (unpaired) electrons. The third kappa shape index (κ3) is 3.80. The van der Waals surface area contributed by atoms with Gasteiger partial charge >= 0.3 is 6.18 Å². The molecule has 1 aromatic carbocycles. The Morgan fingerprint density at radius 1 is 1.15 bits per heavy atom. The second kappa shape index (κ2) is 7.39. The number of aromatic nitrogens is 1. The molecule has 140 valence electrons. The van der Waals surface area contributed by atoms with Crippen molar-refractivity contribution >= 4 is 5.71 Å². The molecular formula is C20H18F3N3O. The molecule has 0 saturated heterocycles. The molecule has 0 unspecified atom stereocenters. The topological polar surface area (TPSA) is 58.1 Å². The van der Waals surface area contributed by atoms with Crippen LogP contribution in [0.3, 0.4) is 0 Å². The standard InChI is InChI=1S/C20H18F3N3O/c1-13-7-5-6-10-15(13)18-11-17(20(21,22)23)16(12-24)19(27)26(18)25-14-8-3-2-4-9-14/h5-7,10-11H,2-4,8-9H2,1H3. The second-order valence-electron chi connectivity index (χ2n) is 6.59. The Hall–Kier alpha value is -2.88. The quantitative estimate of drug-likeness (QED) is 0.753. The molecule has 1 heterocycles. The first-order valence-corrected chi connectivity index (χ1v) is 8.73. The van der Waals surface area contributed by atoms with E-state index in [1.54, 1.807) is 31.2 Å². The summed E-state index contributed by atoms with van der Waals surface area (Å²) < 4.78 is 41.4. The van der Waals surface area contributed by atoms with Gasteiger partial charge in [0.15, 0.2) is 0 Å². The number of hydrogen-bond donors (Lipinski definition) is 0. The zero-order chi connectivity index (χ0) is 19.6. The van der Waals surface area contributed by atoms with Crippen molar-refractivity contribution in [1.29, 1.82) is 5.26 Å². The third-order valence-electron chi connectivity index (χ3n) is 4.70. The van der Waals surface area contributed by atoms with Gasteiger partial charge in [0, 0.05) is 11.3 Å². The number of hydrogen-bond acceptors (Lipinski definition) is 3. The Morgan fingerprint density at radius 2 is 1.81 bits per heavy atom. The van der Waals surface area contributed by atoms with E-state index >= 15 is 0 Å². The SMILES string of the molecule is Cc1ccccc1-c1cc(C(F)(F)F)c(C#N)c(=O)n1N=C1CCCCC1. The lowest BCUT2D eigenvalue weighted by Gasteiger charge is -2.18. The molecular weight excluding hydrogens is 355 g/mol. The molecule has 0 amide bonds. The van der Waals surface area contributed by atoms with Crippen LogP contribution in [-0.4, -0.2) is 10.4 Å². The number of pyridine rings is 1. The van der Waals surface area contributed by atoms with Gasteiger partial charge in [-0.2, -0.15) is 28.2 Å². The van der Waals surface area contributed by atoms with Crippen molar-refractivity contribution in [3.8, 4) is 17.3 Å². The molecule has 27 heavy (non-hydrogen) atoms. The Labute approximate surface area is 154 Å². The fourth-order valence-corrected chi connectivity index (χ4v) is 3.28. The summed E-state index contributed by atoms with van der Waals surface area (Å²) in [6.07, 6.45) is -0.489. The highest BCUT2D eigenvalue weighted by Gasteiger charge is 2.36. The minimum atomic E-state index is -4.81. The summed E-state index contributed by atoms with van der Waals surface area (Å²) >= 11 is 0. The van der Waals surface area contributed by atoms with Gasteiger partial charge in [0.2, 0.25) is 0 Å². The van der Waals surface area contributed by atoms with Gasteiger partial charge in [0.1, 0.15) is 11.6 Å². The monoisotopic (exact) mass is 373 g/mol. The number of halogens is 3. The number of aryl methyl sites for hydroxylation is 1. The molecule has 0 atom stereocenters. The number of nitrogens with zero attached hydrogens (tertiary/aromatic N) is 3. The minimum Gasteiger partial charge on any atom is -0.266 e. The van der Waals surface area contributed by atoms with Gasteiger partial charge in [-0.05, 0) is 44.2 Å². The fourth-order valence-electron chi connectivity index (χ4n) is 3.28. The molecule has 1 aliphatic rings. The zero-order valence-corrected chi connectivity index (χ0v) is 14.8. The van der Waals surface area contributed by atoms with Crippen LogP contribution in [0.5, 0.6) is 0 Å². The smallest absolute Gasteiger partial charge is 0.266 e. The molecule has 1 aromatic heterocycles. The van der Waals surface area contributed by atoms with Gasteiger partial charge < -0.3 is 0 Å². The summed E-state index contributed by atoms with van der Waals surface area (Å²) in [7, 11) is 0. The van der Waals surface area contributed by atoms with Crippen molar-refractivity contribution in [2.45, 2.75) is 45.2 Å². The maximum atomic E-state index is 13.5. The van der Waals surface area contributed by atoms with Gasteiger partial charge in [-0.15, -0.1) is 0 Å². The second-order valence-corrected chi connectivity index (χ2v) is 6.59. The molecule has 0 N–H and O–H groups in total. The van der Waals surface area contributed by atoms with Crippen LogP contribution in [-0.2, 0) is 6.18 Å². The summed E-state index contributed by atoms with van der Waals surface area (Å²) in [6, 6.07) is 9.13. The molecule has 2 aromatic rings. The molecule has 0 spiro atoms. The van der Waals surface area contributed by atoms with Gasteiger partial charge in [0.25, 0.3) is 5.56 Å². The molecule has 4 nitrogen and oxygen atoms in total. The van der Waals surface area contributed by atoms with E-state index in [1.807, 2.05) is 0 Å². The fraction of sp³-hybridized carbons (Fsp3) is 0.350. The van der Waals surface area contributed by atoms with Crippen LogP contribution in [0.15, 0.2) is 40.2 Å². The summed E-state index contributed by atoms with van der Waals surface area (Å²) in [5.74, 6) is 0. The number of rotatable bonds is 2. The van der Waals surface area contributed by atoms with Crippen molar-refractivity contribution < 1.29 is 13.2 Å². The lowest BCUT2D eigenvalue weighted by molar-refractivity contribution is -0.137. The Bertz CT molecular complexity index is 989. The van der Waals surface area contributed by atoms with Crippen LogP contribution in [0.4, 0.5) is 13.2 Å². The van der Waals surface area contributed by atoms with Crippen LogP contribution in [0, 0.1) is 18.3 Å². The third-order valence-corrected chi connectivity index (χ3v) is 4.70. The number of benzene rings is 1. The maximum absolute atomic E-state index is 13.5. The van der Waals surface area contributed by atoms with Crippen LogP contribution in [0.25, 0.3) is 11.3 Å². The summed E-state index contributed by atoms with van der Waals surface area (Å²) in [5.41, 5.74) is -1.20. The highest BCUT2D eigenvalue weighted by molar-refractivity contribution is 5.85.